The van der Waals surface area contributed by atoms with E-state index in [2.05, 4.69) is 9.97 Å². The second-order valence-corrected chi connectivity index (χ2v) is 4.28. The predicted molar refractivity (Wildman–Crippen MR) is 79.8 cm³/mol. The molecule has 1 heterocycles. The average molecular weight is 290 g/mol. The van der Waals surface area contributed by atoms with Gasteiger partial charge >= 0.3 is 0 Å². The van der Waals surface area contributed by atoms with Crippen LogP contribution in [0.1, 0.15) is 11.3 Å². The number of aromatic nitrogens is 2. The fourth-order valence-corrected chi connectivity index (χ4v) is 2.15. The van der Waals surface area contributed by atoms with Crippen molar-refractivity contribution in [2.75, 3.05) is 32.8 Å². The highest BCUT2D eigenvalue weighted by Crippen LogP contribution is 2.48. The number of hydrogen-bond donors (Lipinski definition) is 2. The molecule has 2 aromatic rings. The van der Waals surface area contributed by atoms with Gasteiger partial charge in [-0.1, -0.05) is 0 Å². The van der Waals surface area contributed by atoms with Gasteiger partial charge in [0.25, 0.3) is 0 Å². The minimum absolute atomic E-state index is 0.376. The lowest BCUT2D eigenvalue weighted by atomic mass is 10.0. The van der Waals surface area contributed by atoms with Gasteiger partial charge in [-0.15, -0.1) is 0 Å². The van der Waals surface area contributed by atoms with Gasteiger partial charge in [0.05, 0.1) is 32.7 Å². The Morgan fingerprint density at radius 1 is 0.952 bits per heavy atom. The van der Waals surface area contributed by atoms with E-state index in [4.69, 9.17) is 25.7 Å². The summed E-state index contributed by atoms with van der Waals surface area (Å²) in [7, 11) is 4.53. The SMILES string of the molecule is COc1c(N)c(Cc2ccncn2)c(N)c(OC)c1OC. The summed E-state index contributed by atoms with van der Waals surface area (Å²) < 4.78 is 15.9. The van der Waals surface area contributed by atoms with Gasteiger partial charge < -0.3 is 25.7 Å². The second kappa shape index (κ2) is 6.17. The van der Waals surface area contributed by atoms with Crippen molar-refractivity contribution in [3.8, 4) is 17.2 Å². The van der Waals surface area contributed by atoms with Gasteiger partial charge in [-0.2, -0.15) is 0 Å². The molecule has 4 N–H and O–H groups in total. The van der Waals surface area contributed by atoms with Crippen LogP contribution in [-0.4, -0.2) is 31.3 Å². The topological polar surface area (TPSA) is 106 Å². The molecule has 0 aliphatic heterocycles. The Morgan fingerprint density at radius 2 is 1.52 bits per heavy atom. The Morgan fingerprint density at radius 3 is 1.95 bits per heavy atom. The zero-order valence-electron chi connectivity index (χ0n) is 12.2. The summed E-state index contributed by atoms with van der Waals surface area (Å²) in [4.78, 5) is 8.06. The summed E-state index contributed by atoms with van der Waals surface area (Å²) in [5, 5.41) is 0. The molecule has 7 nitrogen and oxygen atoms in total. The summed E-state index contributed by atoms with van der Waals surface area (Å²) in [6, 6.07) is 1.79. The van der Waals surface area contributed by atoms with Crippen molar-refractivity contribution < 1.29 is 14.2 Å². The van der Waals surface area contributed by atoms with E-state index in [-0.39, 0.29) is 0 Å². The Kier molecular flexibility index (Phi) is 4.32. The first-order valence-corrected chi connectivity index (χ1v) is 6.24. The first-order valence-electron chi connectivity index (χ1n) is 6.24. The van der Waals surface area contributed by atoms with Gasteiger partial charge in [-0.25, -0.2) is 9.97 Å². The zero-order valence-corrected chi connectivity index (χ0v) is 12.2. The first-order chi connectivity index (χ1) is 10.1. The molecule has 0 bridgehead atoms. The molecular formula is C14H18N4O3. The zero-order chi connectivity index (χ0) is 15.4. The molecule has 0 unspecified atom stereocenters. The number of ether oxygens (including phenoxy) is 3. The third-order valence-electron chi connectivity index (χ3n) is 3.17. The van der Waals surface area contributed by atoms with Gasteiger partial charge in [0.2, 0.25) is 5.75 Å². The fourth-order valence-electron chi connectivity index (χ4n) is 2.15. The molecule has 0 spiro atoms. The number of anilines is 2. The minimum atomic E-state index is 0.376. The van der Waals surface area contributed by atoms with E-state index in [1.807, 2.05) is 0 Å². The molecule has 1 aromatic heterocycles. The van der Waals surface area contributed by atoms with Gasteiger partial charge in [-0.3, -0.25) is 0 Å². The maximum absolute atomic E-state index is 6.16. The molecule has 0 radical (unpaired) electrons. The van der Waals surface area contributed by atoms with E-state index in [0.29, 0.717) is 40.6 Å². The van der Waals surface area contributed by atoms with E-state index >= 15 is 0 Å². The summed E-state index contributed by atoms with van der Waals surface area (Å²) in [6.45, 7) is 0. The van der Waals surface area contributed by atoms with Crippen molar-refractivity contribution in [3.05, 3.63) is 29.8 Å². The molecule has 0 fully saturated rings. The van der Waals surface area contributed by atoms with E-state index < -0.39 is 0 Å². The summed E-state index contributed by atoms with van der Waals surface area (Å²) in [5.41, 5.74) is 14.6. The van der Waals surface area contributed by atoms with Crippen LogP contribution >= 0.6 is 0 Å². The largest absolute Gasteiger partial charge is 0.491 e. The quantitative estimate of drug-likeness (QED) is 0.798. The summed E-state index contributed by atoms with van der Waals surface area (Å²) in [5.74, 6) is 1.17. The van der Waals surface area contributed by atoms with Crippen molar-refractivity contribution >= 4 is 11.4 Å². The van der Waals surface area contributed by atoms with Crippen molar-refractivity contribution in [2.45, 2.75) is 6.42 Å². The van der Waals surface area contributed by atoms with Crippen LogP contribution in [-0.2, 0) is 6.42 Å². The standard InChI is InChI=1S/C14H18N4O3/c1-19-12-10(15)9(6-8-4-5-17-7-18-8)11(16)13(20-2)14(12)21-3/h4-5,7H,6,15-16H2,1-3H3. The van der Waals surface area contributed by atoms with Crippen LogP contribution in [0.15, 0.2) is 18.6 Å². The molecule has 0 aliphatic carbocycles. The molecule has 1 aromatic carbocycles. The van der Waals surface area contributed by atoms with Crippen LogP contribution in [0.5, 0.6) is 17.2 Å². The molecule has 0 aliphatic rings. The predicted octanol–water partition coefficient (Wildman–Crippen LogP) is 1.26. The van der Waals surface area contributed by atoms with Crippen molar-refractivity contribution in [1.29, 1.82) is 0 Å². The number of rotatable bonds is 5. The summed E-state index contributed by atoms with van der Waals surface area (Å²) >= 11 is 0. The minimum Gasteiger partial charge on any atom is -0.491 e. The number of methoxy groups -OCH3 is 3. The van der Waals surface area contributed by atoms with Crippen LogP contribution in [0.25, 0.3) is 0 Å². The Balaban J connectivity index is 2.60. The molecule has 7 heteroatoms. The number of hydrogen-bond acceptors (Lipinski definition) is 7. The maximum Gasteiger partial charge on any atom is 0.207 e. The molecule has 2 rings (SSSR count). The monoisotopic (exact) mass is 290 g/mol. The van der Waals surface area contributed by atoms with Crippen LogP contribution in [0.4, 0.5) is 11.4 Å². The lowest BCUT2D eigenvalue weighted by Crippen LogP contribution is -2.08. The normalized spacial score (nSPS) is 10.2. The summed E-state index contributed by atoms with van der Waals surface area (Å²) in [6.07, 6.45) is 3.57. The first kappa shape index (κ1) is 14.7. The van der Waals surface area contributed by atoms with Crippen LogP contribution < -0.4 is 25.7 Å². The smallest absolute Gasteiger partial charge is 0.207 e. The molecule has 0 saturated heterocycles. The maximum atomic E-state index is 6.16. The van der Waals surface area contributed by atoms with Gasteiger partial charge in [0.15, 0.2) is 11.5 Å². The van der Waals surface area contributed by atoms with E-state index in [1.54, 1.807) is 12.3 Å². The Labute approximate surface area is 122 Å². The molecular weight excluding hydrogens is 272 g/mol. The van der Waals surface area contributed by atoms with E-state index in [1.165, 1.54) is 27.7 Å². The molecule has 0 saturated carbocycles. The van der Waals surface area contributed by atoms with Crippen LogP contribution in [0.3, 0.4) is 0 Å². The van der Waals surface area contributed by atoms with Crippen molar-refractivity contribution in [1.82, 2.24) is 9.97 Å². The lowest BCUT2D eigenvalue weighted by molar-refractivity contribution is 0.326. The molecule has 21 heavy (non-hydrogen) atoms. The van der Waals surface area contributed by atoms with Gasteiger partial charge in [0.1, 0.15) is 6.33 Å². The Hall–Kier alpha value is -2.70. The molecule has 0 amide bonds. The highest BCUT2D eigenvalue weighted by molar-refractivity contribution is 5.81. The lowest BCUT2D eigenvalue weighted by Gasteiger charge is -2.20. The molecule has 112 valence electrons. The van der Waals surface area contributed by atoms with Crippen molar-refractivity contribution in [3.63, 3.8) is 0 Å². The van der Waals surface area contributed by atoms with E-state index in [9.17, 15) is 0 Å². The highest BCUT2D eigenvalue weighted by Gasteiger charge is 2.23. The molecule has 0 atom stereocenters. The second-order valence-electron chi connectivity index (χ2n) is 4.28. The number of benzene rings is 1. The van der Waals surface area contributed by atoms with Crippen LogP contribution in [0, 0.1) is 0 Å². The van der Waals surface area contributed by atoms with Gasteiger partial charge in [-0.05, 0) is 6.07 Å². The van der Waals surface area contributed by atoms with E-state index in [0.717, 1.165) is 5.69 Å². The Bertz CT molecular complexity index is 601. The highest BCUT2D eigenvalue weighted by atomic mass is 16.5. The number of nitrogens with two attached hydrogens (primary N) is 2. The van der Waals surface area contributed by atoms with Gasteiger partial charge in [0, 0.05) is 23.9 Å². The third-order valence-corrected chi connectivity index (χ3v) is 3.17. The van der Waals surface area contributed by atoms with Crippen molar-refractivity contribution in [2.24, 2.45) is 0 Å². The average Bonchev–Trinajstić information content (AvgIpc) is 2.52. The number of nitrogens with zero attached hydrogens (tertiary/aromatic N) is 2. The number of nitrogen functional groups attached to an aromatic ring is 2. The fraction of sp³-hybridized carbons (Fsp3) is 0.286. The third kappa shape index (κ3) is 2.62. The van der Waals surface area contributed by atoms with Crippen LogP contribution in [0.2, 0.25) is 0 Å².